The molecule has 0 bridgehead atoms. The Kier molecular flexibility index (Phi) is 7.02. The summed E-state index contributed by atoms with van der Waals surface area (Å²) < 4.78 is 33.9. The minimum atomic E-state index is -0.950. The lowest BCUT2D eigenvalue weighted by molar-refractivity contribution is -0.138. The maximum atomic E-state index is 13.8. The second-order valence-electron chi connectivity index (χ2n) is 9.43. The Labute approximate surface area is 210 Å². The van der Waals surface area contributed by atoms with Crippen LogP contribution in [0, 0.1) is 17.6 Å². The number of imidazole rings is 1. The van der Waals surface area contributed by atoms with Crippen LogP contribution < -0.4 is 4.90 Å². The standard InChI is InChI=1S/C25H27BrF2N4O3/c26-22-23(28)18(27)12-19-24(22)31-25(30-19)15-3-6-20(29-13-15)32-9-7-17(8-10-32)35-16-4-1-14(2-5-16)11-21(33)34/h3,6,12-14,16-17H,1-2,4-5,7-11H2,(H,30,31)(H,33,34)/t14-,16-. The number of aromatic amines is 1. The van der Waals surface area contributed by atoms with Crippen LogP contribution in [-0.4, -0.2) is 51.3 Å². The number of hydrogen-bond donors (Lipinski definition) is 2. The zero-order valence-electron chi connectivity index (χ0n) is 19.1. The Balaban J connectivity index is 1.15. The van der Waals surface area contributed by atoms with Crippen molar-refractivity contribution in [3.8, 4) is 11.4 Å². The average Bonchev–Trinajstić information content (AvgIpc) is 3.28. The first kappa shape index (κ1) is 24.1. The van der Waals surface area contributed by atoms with Crippen LogP contribution in [0.1, 0.15) is 44.9 Å². The van der Waals surface area contributed by atoms with Gasteiger partial charge in [-0.1, -0.05) is 0 Å². The number of nitrogens with zero attached hydrogens (tertiary/aromatic N) is 3. The van der Waals surface area contributed by atoms with Crippen molar-refractivity contribution in [2.75, 3.05) is 18.0 Å². The van der Waals surface area contributed by atoms with Gasteiger partial charge in [-0.25, -0.2) is 18.7 Å². The fraction of sp³-hybridized carbons (Fsp3) is 0.480. The first-order valence-corrected chi connectivity index (χ1v) is 12.8. The Morgan fingerprint density at radius 2 is 1.86 bits per heavy atom. The van der Waals surface area contributed by atoms with E-state index in [1.54, 1.807) is 6.20 Å². The fourth-order valence-corrected chi connectivity index (χ4v) is 5.61. The van der Waals surface area contributed by atoms with Gasteiger partial charge in [-0.15, -0.1) is 0 Å². The van der Waals surface area contributed by atoms with E-state index < -0.39 is 17.6 Å². The molecule has 0 radical (unpaired) electrons. The number of pyridine rings is 1. The SMILES string of the molecule is O=C(O)C[C@H]1CC[C@H](OC2CCN(c3ccc(-c4nc5cc(F)c(F)c(Br)c5[nH]4)cn3)CC2)CC1. The largest absolute Gasteiger partial charge is 0.481 e. The van der Waals surface area contributed by atoms with Crippen molar-refractivity contribution in [3.63, 3.8) is 0 Å². The first-order chi connectivity index (χ1) is 16.9. The van der Waals surface area contributed by atoms with E-state index in [2.05, 4.69) is 35.8 Å². The van der Waals surface area contributed by atoms with Crippen LogP contribution in [0.3, 0.4) is 0 Å². The van der Waals surface area contributed by atoms with Gasteiger partial charge in [0.05, 0.1) is 27.7 Å². The highest BCUT2D eigenvalue weighted by Crippen LogP contribution is 2.32. The zero-order chi connectivity index (χ0) is 24.5. The number of nitrogens with one attached hydrogen (secondary N) is 1. The van der Waals surface area contributed by atoms with Gasteiger partial charge in [0.15, 0.2) is 11.6 Å². The Bertz CT molecular complexity index is 1200. The molecule has 3 aromatic rings. The number of carbonyl (C=O) groups is 1. The third-order valence-corrected chi connectivity index (χ3v) is 7.79. The molecule has 1 aliphatic carbocycles. The number of anilines is 1. The van der Waals surface area contributed by atoms with Crippen LogP contribution >= 0.6 is 15.9 Å². The summed E-state index contributed by atoms with van der Waals surface area (Å²) in [7, 11) is 0. The maximum Gasteiger partial charge on any atom is 0.303 e. The molecule has 186 valence electrons. The minimum Gasteiger partial charge on any atom is -0.481 e. The summed E-state index contributed by atoms with van der Waals surface area (Å²) in [5.41, 5.74) is 1.47. The molecule has 3 heterocycles. The summed E-state index contributed by atoms with van der Waals surface area (Å²) in [4.78, 5) is 25.1. The molecule has 0 unspecified atom stereocenters. The number of halogens is 3. The summed E-state index contributed by atoms with van der Waals surface area (Å²) in [6.07, 6.45) is 8.03. The predicted molar refractivity (Wildman–Crippen MR) is 131 cm³/mol. The summed E-state index contributed by atoms with van der Waals surface area (Å²) in [5, 5.41) is 8.97. The van der Waals surface area contributed by atoms with Crippen molar-refractivity contribution in [1.82, 2.24) is 15.0 Å². The predicted octanol–water partition coefficient (Wildman–Crippen LogP) is 5.68. The molecule has 7 nitrogen and oxygen atoms in total. The van der Waals surface area contributed by atoms with Gasteiger partial charge in [-0.05, 0) is 72.5 Å². The molecule has 1 saturated carbocycles. The number of H-pyrrole nitrogens is 1. The summed E-state index contributed by atoms with van der Waals surface area (Å²) in [6, 6.07) is 4.91. The molecule has 0 spiro atoms. The van der Waals surface area contributed by atoms with Crippen molar-refractivity contribution < 1.29 is 23.4 Å². The molecule has 10 heteroatoms. The number of rotatable bonds is 6. The van der Waals surface area contributed by atoms with Crippen molar-refractivity contribution in [2.45, 2.75) is 57.2 Å². The smallest absolute Gasteiger partial charge is 0.303 e. The van der Waals surface area contributed by atoms with E-state index in [1.807, 2.05) is 12.1 Å². The summed E-state index contributed by atoms with van der Waals surface area (Å²) >= 11 is 3.09. The van der Waals surface area contributed by atoms with Crippen LogP contribution in [0.2, 0.25) is 0 Å². The number of carboxylic acid groups (broad SMARTS) is 1. The second kappa shape index (κ2) is 10.2. The lowest BCUT2D eigenvalue weighted by Crippen LogP contribution is -2.39. The summed E-state index contributed by atoms with van der Waals surface area (Å²) in [6.45, 7) is 1.70. The highest BCUT2D eigenvalue weighted by atomic mass is 79.9. The molecular weight excluding hydrogens is 522 g/mol. The first-order valence-electron chi connectivity index (χ1n) is 12.0. The van der Waals surface area contributed by atoms with E-state index >= 15 is 0 Å². The van der Waals surface area contributed by atoms with E-state index in [0.29, 0.717) is 16.9 Å². The van der Waals surface area contributed by atoms with E-state index in [-0.39, 0.29) is 29.0 Å². The third kappa shape index (κ3) is 5.33. The van der Waals surface area contributed by atoms with E-state index in [1.165, 1.54) is 0 Å². The number of benzene rings is 1. The number of carboxylic acids is 1. The molecule has 2 aliphatic rings. The second-order valence-corrected chi connectivity index (χ2v) is 10.2. The topological polar surface area (TPSA) is 91.3 Å². The molecule has 0 amide bonds. The van der Waals surface area contributed by atoms with Gasteiger partial charge in [-0.3, -0.25) is 4.79 Å². The van der Waals surface area contributed by atoms with Gasteiger partial charge >= 0.3 is 5.97 Å². The van der Waals surface area contributed by atoms with Crippen LogP contribution in [-0.2, 0) is 9.53 Å². The van der Waals surface area contributed by atoms with Gasteiger partial charge in [-0.2, -0.15) is 0 Å². The van der Waals surface area contributed by atoms with Crippen molar-refractivity contribution in [1.29, 1.82) is 0 Å². The van der Waals surface area contributed by atoms with Crippen LogP contribution in [0.5, 0.6) is 0 Å². The lowest BCUT2D eigenvalue weighted by atomic mass is 9.85. The third-order valence-electron chi connectivity index (χ3n) is 7.05. The highest BCUT2D eigenvalue weighted by molar-refractivity contribution is 9.10. The molecule has 5 rings (SSSR count). The quantitative estimate of drug-likeness (QED) is 0.385. The summed E-state index contributed by atoms with van der Waals surface area (Å²) in [5.74, 6) is -0.953. The van der Waals surface area contributed by atoms with E-state index in [0.717, 1.165) is 69.1 Å². The number of fused-ring (bicyclic) bond motifs is 1. The van der Waals surface area contributed by atoms with Gasteiger partial charge in [0.25, 0.3) is 0 Å². The molecule has 2 N–H and O–H groups in total. The van der Waals surface area contributed by atoms with Crippen molar-refractivity contribution >= 4 is 38.8 Å². The molecule has 0 atom stereocenters. The number of hydrogen-bond acceptors (Lipinski definition) is 5. The van der Waals surface area contributed by atoms with Gasteiger partial charge in [0.2, 0.25) is 0 Å². The zero-order valence-corrected chi connectivity index (χ0v) is 20.7. The molecule has 2 aromatic heterocycles. The average molecular weight is 549 g/mol. The maximum absolute atomic E-state index is 13.8. The molecule has 1 saturated heterocycles. The Morgan fingerprint density at radius 3 is 2.51 bits per heavy atom. The van der Waals surface area contributed by atoms with Crippen LogP contribution in [0.4, 0.5) is 14.6 Å². The minimum absolute atomic E-state index is 0.0224. The number of ether oxygens (including phenoxy) is 1. The molecule has 1 aromatic carbocycles. The van der Waals surface area contributed by atoms with Crippen molar-refractivity contribution in [3.05, 3.63) is 40.5 Å². The number of aromatic nitrogens is 3. The Morgan fingerprint density at radius 1 is 1.14 bits per heavy atom. The van der Waals surface area contributed by atoms with E-state index in [4.69, 9.17) is 9.84 Å². The van der Waals surface area contributed by atoms with E-state index in [9.17, 15) is 13.6 Å². The van der Waals surface area contributed by atoms with Crippen LogP contribution in [0.25, 0.3) is 22.4 Å². The Hall–Kier alpha value is -2.59. The fourth-order valence-electron chi connectivity index (χ4n) is 5.12. The number of piperidine rings is 1. The molecule has 2 fully saturated rings. The highest BCUT2D eigenvalue weighted by Gasteiger charge is 2.28. The van der Waals surface area contributed by atoms with Crippen LogP contribution in [0.15, 0.2) is 28.9 Å². The van der Waals surface area contributed by atoms with Gasteiger partial charge < -0.3 is 19.7 Å². The molecular formula is C25H27BrF2N4O3. The van der Waals surface area contributed by atoms with Crippen molar-refractivity contribution in [2.24, 2.45) is 5.92 Å². The molecule has 1 aliphatic heterocycles. The van der Waals surface area contributed by atoms with Gasteiger partial charge in [0.1, 0.15) is 11.6 Å². The number of aliphatic carboxylic acids is 1. The lowest BCUT2D eigenvalue weighted by Gasteiger charge is -2.36. The van der Waals surface area contributed by atoms with Gasteiger partial charge in [0, 0.05) is 37.3 Å². The normalized spacial score (nSPS) is 21.5. The molecule has 35 heavy (non-hydrogen) atoms. The monoisotopic (exact) mass is 548 g/mol.